The second kappa shape index (κ2) is 6.22. The molecule has 6 heteroatoms. The molecular weight excluding hydrogens is 288 g/mol. The molecule has 2 rings (SSSR count). The van der Waals surface area contributed by atoms with E-state index in [0.29, 0.717) is 23.8 Å². The Kier molecular flexibility index (Phi) is 4.37. The molecule has 0 aliphatic rings. The maximum Gasteiger partial charge on any atom is 0.374 e. The molecule has 0 aliphatic heterocycles. The molecule has 2 aromatic rings. The first-order valence-corrected chi connectivity index (χ1v) is 6.42. The SMILES string of the molecule is C#CCCc1cc2cc(C(=O)OC)oc(=O)c2c(OC)c1O. The van der Waals surface area contributed by atoms with E-state index < -0.39 is 11.6 Å². The van der Waals surface area contributed by atoms with Crippen molar-refractivity contribution in [3.63, 3.8) is 0 Å². The van der Waals surface area contributed by atoms with Crippen LogP contribution in [0.3, 0.4) is 0 Å². The van der Waals surface area contributed by atoms with Gasteiger partial charge < -0.3 is 19.0 Å². The van der Waals surface area contributed by atoms with Gasteiger partial charge in [-0.2, -0.15) is 0 Å². The fraction of sp³-hybridized carbons (Fsp3) is 0.250. The summed E-state index contributed by atoms with van der Waals surface area (Å²) in [5.74, 6) is 1.31. The van der Waals surface area contributed by atoms with Gasteiger partial charge in [0.1, 0.15) is 5.39 Å². The number of esters is 1. The lowest BCUT2D eigenvalue weighted by Crippen LogP contribution is -2.09. The second-order valence-corrected chi connectivity index (χ2v) is 4.48. The zero-order chi connectivity index (χ0) is 16.3. The van der Waals surface area contributed by atoms with Crippen LogP contribution in [-0.2, 0) is 11.2 Å². The van der Waals surface area contributed by atoms with E-state index in [4.69, 9.17) is 15.6 Å². The van der Waals surface area contributed by atoms with Gasteiger partial charge in [0.05, 0.1) is 14.2 Å². The number of methoxy groups -OCH3 is 2. The number of benzene rings is 1. The first-order valence-electron chi connectivity index (χ1n) is 6.42. The number of hydrogen-bond acceptors (Lipinski definition) is 6. The van der Waals surface area contributed by atoms with Crippen molar-refractivity contribution in [1.29, 1.82) is 0 Å². The number of ether oxygens (including phenoxy) is 2. The van der Waals surface area contributed by atoms with Crippen LogP contribution in [0.4, 0.5) is 0 Å². The zero-order valence-electron chi connectivity index (χ0n) is 12.1. The third-order valence-corrected chi connectivity index (χ3v) is 3.19. The minimum Gasteiger partial charge on any atom is -0.504 e. The van der Waals surface area contributed by atoms with Gasteiger partial charge in [0.2, 0.25) is 5.76 Å². The molecule has 0 spiro atoms. The summed E-state index contributed by atoms with van der Waals surface area (Å²) in [5, 5.41) is 10.7. The summed E-state index contributed by atoms with van der Waals surface area (Å²) in [4.78, 5) is 23.6. The van der Waals surface area contributed by atoms with Crippen molar-refractivity contribution in [3.05, 3.63) is 33.9 Å². The number of aromatic hydroxyl groups is 1. The maximum atomic E-state index is 12.1. The quantitative estimate of drug-likeness (QED) is 0.685. The van der Waals surface area contributed by atoms with Gasteiger partial charge in [-0.1, -0.05) is 0 Å². The number of carbonyl (C=O) groups excluding carboxylic acids is 1. The Balaban J connectivity index is 2.78. The molecule has 114 valence electrons. The number of terminal acetylenes is 1. The molecule has 0 aliphatic carbocycles. The third-order valence-electron chi connectivity index (χ3n) is 3.19. The lowest BCUT2D eigenvalue weighted by Gasteiger charge is -2.11. The molecule has 0 radical (unpaired) electrons. The largest absolute Gasteiger partial charge is 0.504 e. The van der Waals surface area contributed by atoms with Crippen LogP contribution in [0.1, 0.15) is 22.5 Å². The summed E-state index contributed by atoms with van der Waals surface area (Å²) >= 11 is 0. The topological polar surface area (TPSA) is 86.0 Å². The van der Waals surface area contributed by atoms with Crippen molar-refractivity contribution in [2.45, 2.75) is 12.8 Å². The monoisotopic (exact) mass is 302 g/mol. The standard InChI is InChI=1S/C16H14O6/c1-4-5-6-9-7-10-8-11(15(18)21-3)22-16(19)12(10)14(20-2)13(9)17/h1,7-8,17H,5-6H2,2-3H3. The Labute approximate surface area is 126 Å². The molecule has 1 aromatic heterocycles. The molecule has 0 atom stereocenters. The fourth-order valence-corrected chi connectivity index (χ4v) is 2.17. The Morgan fingerprint density at radius 1 is 1.41 bits per heavy atom. The molecule has 1 N–H and O–H groups in total. The summed E-state index contributed by atoms with van der Waals surface area (Å²) < 4.78 is 14.6. The molecule has 0 amide bonds. The van der Waals surface area contributed by atoms with Gasteiger partial charge >= 0.3 is 11.6 Å². The van der Waals surface area contributed by atoms with Crippen LogP contribution >= 0.6 is 0 Å². The Morgan fingerprint density at radius 3 is 2.73 bits per heavy atom. The minimum absolute atomic E-state index is 0.00492. The third kappa shape index (κ3) is 2.61. The van der Waals surface area contributed by atoms with E-state index in [1.807, 2.05) is 0 Å². The van der Waals surface area contributed by atoms with Crippen molar-refractivity contribution in [3.8, 4) is 23.8 Å². The molecule has 0 unspecified atom stereocenters. The van der Waals surface area contributed by atoms with E-state index in [2.05, 4.69) is 10.7 Å². The van der Waals surface area contributed by atoms with Gasteiger partial charge in [0.25, 0.3) is 0 Å². The van der Waals surface area contributed by atoms with E-state index in [-0.39, 0.29) is 22.6 Å². The number of rotatable bonds is 4. The van der Waals surface area contributed by atoms with Crippen LogP contribution in [0.25, 0.3) is 10.8 Å². The highest BCUT2D eigenvalue weighted by Crippen LogP contribution is 2.37. The summed E-state index contributed by atoms with van der Waals surface area (Å²) in [7, 11) is 2.51. The maximum absolute atomic E-state index is 12.1. The summed E-state index contributed by atoms with van der Waals surface area (Å²) in [5.41, 5.74) is -0.280. The van der Waals surface area contributed by atoms with Gasteiger partial charge in [-0.05, 0) is 29.5 Å². The molecule has 1 heterocycles. The van der Waals surface area contributed by atoms with Gasteiger partial charge in [-0.25, -0.2) is 9.59 Å². The highest BCUT2D eigenvalue weighted by Gasteiger charge is 2.20. The molecule has 0 bridgehead atoms. The van der Waals surface area contributed by atoms with Crippen LogP contribution in [0.5, 0.6) is 11.5 Å². The summed E-state index contributed by atoms with van der Waals surface area (Å²) in [6.07, 6.45) is 6.04. The summed E-state index contributed by atoms with van der Waals surface area (Å²) in [6.45, 7) is 0. The predicted molar refractivity (Wildman–Crippen MR) is 79.2 cm³/mol. The lowest BCUT2D eigenvalue weighted by molar-refractivity contribution is 0.0560. The van der Waals surface area contributed by atoms with Crippen LogP contribution in [0.2, 0.25) is 0 Å². The van der Waals surface area contributed by atoms with Crippen LogP contribution in [0.15, 0.2) is 21.3 Å². The van der Waals surface area contributed by atoms with E-state index >= 15 is 0 Å². The summed E-state index contributed by atoms with van der Waals surface area (Å²) in [6, 6.07) is 2.94. The van der Waals surface area contributed by atoms with Crippen molar-refractivity contribution in [2.24, 2.45) is 0 Å². The van der Waals surface area contributed by atoms with Gasteiger partial charge in [-0.3, -0.25) is 0 Å². The Bertz CT molecular complexity index is 825. The predicted octanol–water partition coefficient (Wildman–Crippen LogP) is 1.86. The molecule has 1 aromatic carbocycles. The highest BCUT2D eigenvalue weighted by molar-refractivity contribution is 5.95. The Hall–Kier alpha value is -2.94. The smallest absolute Gasteiger partial charge is 0.374 e. The number of carbonyl (C=O) groups is 1. The molecule has 22 heavy (non-hydrogen) atoms. The number of phenols is 1. The number of aryl methyl sites for hydroxylation is 1. The highest BCUT2D eigenvalue weighted by atomic mass is 16.5. The van der Waals surface area contributed by atoms with Crippen molar-refractivity contribution < 1.29 is 23.8 Å². The molecule has 6 nitrogen and oxygen atoms in total. The van der Waals surface area contributed by atoms with Crippen LogP contribution < -0.4 is 10.4 Å². The van der Waals surface area contributed by atoms with Crippen molar-refractivity contribution in [1.82, 2.24) is 0 Å². The molecule has 0 saturated heterocycles. The first kappa shape index (κ1) is 15.4. The minimum atomic E-state index is -0.798. The van der Waals surface area contributed by atoms with E-state index in [9.17, 15) is 14.7 Å². The van der Waals surface area contributed by atoms with Crippen LogP contribution in [-0.4, -0.2) is 25.3 Å². The number of phenolic OH excluding ortho intramolecular Hbond substituents is 1. The number of fused-ring (bicyclic) bond motifs is 1. The van der Waals surface area contributed by atoms with Crippen LogP contribution in [0, 0.1) is 12.3 Å². The molecular formula is C16H14O6. The van der Waals surface area contributed by atoms with E-state index in [1.54, 1.807) is 6.07 Å². The van der Waals surface area contributed by atoms with Gasteiger partial charge in [-0.15, -0.1) is 12.3 Å². The van der Waals surface area contributed by atoms with Crippen molar-refractivity contribution in [2.75, 3.05) is 14.2 Å². The average Bonchev–Trinajstić information content (AvgIpc) is 2.52. The molecule has 0 fully saturated rings. The first-order chi connectivity index (χ1) is 10.5. The Morgan fingerprint density at radius 2 is 2.14 bits per heavy atom. The normalized spacial score (nSPS) is 10.2. The van der Waals surface area contributed by atoms with Gasteiger partial charge in [0, 0.05) is 6.42 Å². The van der Waals surface area contributed by atoms with E-state index in [0.717, 1.165) is 0 Å². The molecule has 0 saturated carbocycles. The fourth-order valence-electron chi connectivity index (χ4n) is 2.17. The lowest BCUT2D eigenvalue weighted by atomic mass is 10.0. The zero-order valence-corrected chi connectivity index (χ0v) is 12.1. The average molecular weight is 302 g/mol. The van der Waals surface area contributed by atoms with Gasteiger partial charge in [0.15, 0.2) is 11.5 Å². The second-order valence-electron chi connectivity index (χ2n) is 4.48. The van der Waals surface area contributed by atoms with Crippen molar-refractivity contribution >= 4 is 16.7 Å². The number of hydrogen-bond donors (Lipinski definition) is 1. The van der Waals surface area contributed by atoms with E-state index in [1.165, 1.54) is 20.3 Å².